The molecule has 2 aliphatic heterocycles. The zero-order chi connectivity index (χ0) is 15.7. The van der Waals surface area contributed by atoms with E-state index in [9.17, 15) is 18.0 Å². The van der Waals surface area contributed by atoms with Crippen LogP contribution in [0.25, 0.3) is 0 Å². The van der Waals surface area contributed by atoms with Crippen LogP contribution in [0.1, 0.15) is 18.4 Å². The van der Waals surface area contributed by atoms with E-state index in [0.29, 0.717) is 32.5 Å². The van der Waals surface area contributed by atoms with Gasteiger partial charge in [0.2, 0.25) is 5.88 Å². The minimum Gasteiger partial charge on any atom is -0.474 e. The summed E-state index contributed by atoms with van der Waals surface area (Å²) in [6.45, 7) is 1.61. The monoisotopic (exact) mass is 316 g/mol. The van der Waals surface area contributed by atoms with Crippen molar-refractivity contribution in [2.24, 2.45) is 0 Å². The molecule has 1 amide bonds. The Bertz CT molecular complexity index is 535. The summed E-state index contributed by atoms with van der Waals surface area (Å²) in [6.07, 6.45) is -2.81. The Hall–Kier alpha value is -1.83. The van der Waals surface area contributed by atoms with Crippen LogP contribution in [0.4, 0.5) is 13.2 Å². The molecule has 8 heteroatoms. The molecule has 0 saturated carbocycles. The van der Waals surface area contributed by atoms with Gasteiger partial charge in [-0.15, -0.1) is 0 Å². The van der Waals surface area contributed by atoms with Gasteiger partial charge in [0.15, 0.2) is 6.10 Å². The lowest BCUT2D eigenvalue weighted by molar-refractivity contribution is -0.137. The molecule has 0 aromatic carbocycles. The average molecular weight is 316 g/mol. The molecular weight excluding hydrogens is 301 g/mol. The fourth-order valence-corrected chi connectivity index (χ4v) is 2.38. The first-order valence-corrected chi connectivity index (χ1v) is 7.04. The van der Waals surface area contributed by atoms with Gasteiger partial charge in [0.1, 0.15) is 6.10 Å². The van der Waals surface area contributed by atoms with E-state index in [1.807, 2.05) is 0 Å². The quantitative estimate of drug-likeness (QED) is 0.799. The van der Waals surface area contributed by atoms with Crippen molar-refractivity contribution in [3.05, 3.63) is 23.9 Å². The number of hydrogen-bond donors (Lipinski definition) is 0. The predicted molar refractivity (Wildman–Crippen MR) is 69.2 cm³/mol. The third-order valence-corrected chi connectivity index (χ3v) is 3.71. The number of epoxide rings is 1. The lowest BCUT2D eigenvalue weighted by Crippen LogP contribution is -2.43. The lowest BCUT2D eigenvalue weighted by atomic mass is 10.1. The van der Waals surface area contributed by atoms with E-state index in [1.165, 1.54) is 6.07 Å². The van der Waals surface area contributed by atoms with Crippen molar-refractivity contribution >= 4 is 5.91 Å². The van der Waals surface area contributed by atoms with Crippen LogP contribution in [0.3, 0.4) is 0 Å². The Balaban J connectivity index is 1.51. The summed E-state index contributed by atoms with van der Waals surface area (Å²) in [7, 11) is 0. The normalized spacial score (nSPS) is 22.5. The highest BCUT2D eigenvalue weighted by Gasteiger charge is 2.36. The highest BCUT2D eigenvalue weighted by Crippen LogP contribution is 2.29. The molecule has 1 aromatic rings. The molecule has 1 atom stereocenters. The number of piperidine rings is 1. The number of likely N-dealkylation sites (tertiary alicyclic amines) is 1. The van der Waals surface area contributed by atoms with Crippen molar-refractivity contribution in [2.75, 3.05) is 19.7 Å². The van der Waals surface area contributed by atoms with E-state index in [2.05, 4.69) is 4.98 Å². The Morgan fingerprint density at radius 3 is 2.50 bits per heavy atom. The van der Waals surface area contributed by atoms with Crippen LogP contribution < -0.4 is 4.74 Å². The number of carbonyl (C=O) groups is 1. The molecule has 0 N–H and O–H groups in total. The van der Waals surface area contributed by atoms with Gasteiger partial charge in [0.25, 0.3) is 5.91 Å². The smallest absolute Gasteiger partial charge is 0.417 e. The van der Waals surface area contributed by atoms with Crippen molar-refractivity contribution in [1.29, 1.82) is 0 Å². The topological polar surface area (TPSA) is 55.0 Å². The van der Waals surface area contributed by atoms with E-state index in [4.69, 9.17) is 9.47 Å². The van der Waals surface area contributed by atoms with Crippen LogP contribution in [-0.2, 0) is 15.7 Å². The Labute approximate surface area is 125 Å². The summed E-state index contributed by atoms with van der Waals surface area (Å²) in [5.41, 5.74) is -0.801. The van der Waals surface area contributed by atoms with Crippen LogP contribution in [0.15, 0.2) is 18.3 Å². The number of aromatic nitrogens is 1. The molecule has 2 fully saturated rings. The van der Waals surface area contributed by atoms with Crippen molar-refractivity contribution in [1.82, 2.24) is 9.88 Å². The standard InChI is InChI=1S/C14H15F3N2O3/c15-14(16,17)9-1-2-12(18-7-9)22-10-3-5-19(6-4-10)13(20)11-8-21-11/h1-2,7,10-11H,3-6,8H2. The minimum atomic E-state index is -4.40. The summed E-state index contributed by atoms with van der Waals surface area (Å²) in [5.74, 6) is 0.175. The van der Waals surface area contributed by atoms with Crippen LogP contribution in [0.2, 0.25) is 0 Å². The third-order valence-electron chi connectivity index (χ3n) is 3.71. The van der Waals surface area contributed by atoms with E-state index >= 15 is 0 Å². The van der Waals surface area contributed by atoms with Gasteiger partial charge in [0, 0.05) is 38.2 Å². The number of hydrogen-bond acceptors (Lipinski definition) is 4. The third kappa shape index (κ3) is 3.49. The summed E-state index contributed by atoms with van der Waals surface area (Å²) < 4.78 is 47.9. The first-order chi connectivity index (χ1) is 10.4. The molecule has 3 rings (SSSR count). The number of pyridine rings is 1. The molecule has 2 aliphatic rings. The molecule has 22 heavy (non-hydrogen) atoms. The average Bonchev–Trinajstić information content (AvgIpc) is 3.32. The summed E-state index contributed by atoms with van der Waals surface area (Å²) in [6, 6.07) is 2.17. The molecule has 0 aliphatic carbocycles. The van der Waals surface area contributed by atoms with Crippen LogP contribution in [0, 0.1) is 0 Å². The SMILES string of the molecule is O=C(C1CO1)N1CCC(Oc2ccc(C(F)(F)F)cn2)CC1. The number of ether oxygens (including phenoxy) is 2. The number of nitrogens with zero attached hydrogens (tertiary/aromatic N) is 2. The van der Waals surface area contributed by atoms with Crippen molar-refractivity contribution in [3.63, 3.8) is 0 Å². The summed E-state index contributed by atoms with van der Waals surface area (Å²) in [4.78, 5) is 17.2. The van der Waals surface area contributed by atoms with E-state index in [1.54, 1.807) is 4.90 Å². The van der Waals surface area contributed by atoms with E-state index < -0.39 is 11.7 Å². The maximum Gasteiger partial charge on any atom is 0.417 e. The zero-order valence-corrected chi connectivity index (χ0v) is 11.7. The number of rotatable bonds is 3. The van der Waals surface area contributed by atoms with Gasteiger partial charge in [0.05, 0.1) is 12.2 Å². The molecule has 1 aromatic heterocycles. The molecule has 0 spiro atoms. The van der Waals surface area contributed by atoms with Crippen LogP contribution in [-0.4, -0.2) is 47.7 Å². The van der Waals surface area contributed by atoms with Gasteiger partial charge in [-0.1, -0.05) is 0 Å². The molecule has 5 nitrogen and oxygen atoms in total. The highest BCUT2D eigenvalue weighted by molar-refractivity contribution is 5.83. The van der Waals surface area contributed by atoms with Crippen molar-refractivity contribution < 1.29 is 27.4 Å². The second-order valence-corrected chi connectivity index (χ2v) is 5.35. The van der Waals surface area contributed by atoms with Crippen molar-refractivity contribution in [2.45, 2.75) is 31.2 Å². The Kier molecular flexibility index (Phi) is 3.94. The van der Waals surface area contributed by atoms with Crippen LogP contribution >= 0.6 is 0 Å². The van der Waals surface area contributed by atoms with Gasteiger partial charge in [-0.25, -0.2) is 4.98 Å². The Morgan fingerprint density at radius 1 is 1.32 bits per heavy atom. The second kappa shape index (κ2) is 5.75. The zero-order valence-electron chi connectivity index (χ0n) is 11.7. The fourth-order valence-electron chi connectivity index (χ4n) is 2.38. The lowest BCUT2D eigenvalue weighted by Gasteiger charge is -2.31. The first kappa shape index (κ1) is 15.1. The molecule has 1 unspecified atom stereocenters. The minimum absolute atomic E-state index is 0.00565. The van der Waals surface area contributed by atoms with Gasteiger partial charge >= 0.3 is 6.18 Å². The van der Waals surface area contributed by atoms with Gasteiger partial charge in [-0.3, -0.25) is 4.79 Å². The number of amides is 1. The first-order valence-electron chi connectivity index (χ1n) is 7.04. The second-order valence-electron chi connectivity index (χ2n) is 5.35. The molecule has 120 valence electrons. The molecule has 3 heterocycles. The fraction of sp³-hybridized carbons (Fsp3) is 0.571. The maximum absolute atomic E-state index is 12.4. The molecular formula is C14H15F3N2O3. The van der Waals surface area contributed by atoms with Crippen LogP contribution in [0.5, 0.6) is 5.88 Å². The largest absolute Gasteiger partial charge is 0.474 e. The number of carbonyl (C=O) groups excluding carboxylic acids is 1. The molecule has 0 bridgehead atoms. The molecule has 0 radical (unpaired) electrons. The summed E-state index contributed by atoms with van der Waals surface area (Å²) >= 11 is 0. The van der Waals surface area contributed by atoms with Crippen molar-refractivity contribution in [3.8, 4) is 5.88 Å². The number of alkyl halides is 3. The van der Waals surface area contributed by atoms with Gasteiger partial charge in [-0.2, -0.15) is 13.2 Å². The number of halogens is 3. The molecule has 2 saturated heterocycles. The van der Waals surface area contributed by atoms with E-state index in [-0.39, 0.29) is 24.0 Å². The van der Waals surface area contributed by atoms with E-state index in [0.717, 1.165) is 12.3 Å². The summed E-state index contributed by atoms with van der Waals surface area (Å²) in [5, 5.41) is 0. The predicted octanol–water partition coefficient (Wildman–Crippen LogP) is 1.87. The van der Waals surface area contributed by atoms with Gasteiger partial charge in [-0.05, 0) is 6.07 Å². The maximum atomic E-state index is 12.4. The van der Waals surface area contributed by atoms with Gasteiger partial charge < -0.3 is 14.4 Å². The Morgan fingerprint density at radius 2 is 2.00 bits per heavy atom. The highest BCUT2D eigenvalue weighted by atomic mass is 19.4.